The molecule has 3 rings (SSSR count). The Hall–Kier alpha value is -3.13. The lowest BCUT2D eigenvalue weighted by atomic mass is 9.79. The van der Waals surface area contributed by atoms with Crippen LogP contribution in [-0.4, -0.2) is 44.0 Å². The number of phenols is 1. The first kappa shape index (κ1) is 22.6. The van der Waals surface area contributed by atoms with Crippen LogP contribution in [-0.2, 0) is 0 Å². The summed E-state index contributed by atoms with van der Waals surface area (Å²) in [5.41, 5.74) is 20.1. The molecule has 0 saturated carbocycles. The monoisotopic (exact) mass is 425 g/mol. The van der Waals surface area contributed by atoms with Gasteiger partial charge in [-0.25, -0.2) is 4.68 Å². The average Bonchev–Trinajstić information content (AvgIpc) is 3.08. The first-order valence-corrected chi connectivity index (χ1v) is 10.5. The number of benzene rings is 1. The van der Waals surface area contributed by atoms with Gasteiger partial charge in [-0.15, -0.1) is 0 Å². The van der Waals surface area contributed by atoms with E-state index in [1.165, 1.54) is 4.68 Å². The number of nitrogens with two attached hydrogens (primary N) is 3. The first-order valence-electron chi connectivity index (χ1n) is 10.5. The van der Waals surface area contributed by atoms with Gasteiger partial charge >= 0.3 is 0 Å². The molecule has 1 aromatic heterocycles. The van der Waals surface area contributed by atoms with Crippen molar-refractivity contribution in [2.24, 2.45) is 11.5 Å². The number of nitrogens with zero attached hydrogens (tertiary/aromatic N) is 3. The van der Waals surface area contributed by atoms with E-state index in [4.69, 9.17) is 17.2 Å². The zero-order chi connectivity index (χ0) is 23.0. The number of aromatic hydroxyl groups is 1. The van der Waals surface area contributed by atoms with Crippen molar-refractivity contribution in [1.29, 1.82) is 0 Å². The lowest BCUT2D eigenvalue weighted by molar-refractivity contribution is 0.0981. The number of allylic oxidation sites excluding steroid dienone is 2. The minimum atomic E-state index is 0.0291. The van der Waals surface area contributed by atoms with E-state index in [9.17, 15) is 5.11 Å². The highest BCUT2D eigenvalue weighted by Gasteiger charge is 2.39. The third-order valence-electron chi connectivity index (χ3n) is 5.77. The second kappa shape index (κ2) is 8.19. The molecule has 0 radical (unpaired) electrons. The molecule has 2 heterocycles. The van der Waals surface area contributed by atoms with Gasteiger partial charge in [0.05, 0.1) is 17.7 Å². The standard InChI is InChI=1S/C23H35N7O/c1-22(2)13-16(14-23(3,4)28-22)29(5)20(25)9-8-18(24)17-7-6-15(12-19(17)31)30-21(26)10-11-27-30/h6-12,16,28,31H,13-14,24-26H2,1-5H3/b18-8-,20-9+. The third kappa shape index (κ3) is 5.14. The Balaban J connectivity index is 1.77. The van der Waals surface area contributed by atoms with Crippen molar-refractivity contribution in [3.8, 4) is 11.4 Å². The highest BCUT2D eigenvalue weighted by molar-refractivity contribution is 5.70. The fourth-order valence-electron chi connectivity index (χ4n) is 4.56. The lowest BCUT2D eigenvalue weighted by Crippen LogP contribution is -2.61. The fraction of sp³-hybridized carbons (Fsp3) is 0.435. The van der Waals surface area contributed by atoms with Crippen molar-refractivity contribution >= 4 is 11.5 Å². The maximum absolute atomic E-state index is 10.5. The van der Waals surface area contributed by atoms with Crippen LogP contribution >= 0.6 is 0 Å². The van der Waals surface area contributed by atoms with Gasteiger partial charge in [0.1, 0.15) is 11.6 Å². The maximum Gasteiger partial charge on any atom is 0.127 e. The molecule has 8 N–H and O–H groups in total. The van der Waals surface area contributed by atoms with E-state index >= 15 is 0 Å². The Morgan fingerprint density at radius 2 is 1.81 bits per heavy atom. The molecule has 0 atom stereocenters. The summed E-state index contributed by atoms with van der Waals surface area (Å²) in [6, 6.07) is 7.12. The van der Waals surface area contributed by atoms with Crippen LogP contribution in [0.1, 0.15) is 46.1 Å². The molecule has 8 heteroatoms. The van der Waals surface area contributed by atoms with E-state index in [2.05, 4.69) is 43.0 Å². The van der Waals surface area contributed by atoms with Gasteiger partial charge in [-0.05, 0) is 64.8 Å². The minimum absolute atomic E-state index is 0.0291. The van der Waals surface area contributed by atoms with E-state index in [1.54, 1.807) is 42.6 Å². The molecule has 0 bridgehead atoms. The van der Waals surface area contributed by atoms with Gasteiger partial charge in [-0.1, -0.05) is 0 Å². The molecule has 1 saturated heterocycles. The highest BCUT2D eigenvalue weighted by Crippen LogP contribution is 2.32. The molecule has 0 unspecified atom stereocenters. The first-order chi connectivity index (χ1) is 14.4. The van der Waals surface area contributed by atoms with E-state index in [0.717, 1.165) is 12.8 Å². The Labute approximate surface area is 184 Å². The number of anilines is 1. The summed E-state index contributed by atoms with van der Waals surface area (Å²) in [5.74, 6) is 1.16. The van der Waals surface area contributed by atoms with E-state index < -0.39 is 0 Å². The van der Waals surface area contributed by atoms with Gasteiger partial charge < -0.3 is 32.5 Å². The maximum atomic E-state index is 10.5. The van der Waals surface area contributed by atoms with Crippen LogP contribution in [0.25, 0.3) is 11.4 Å². The van der Waals surface area contributed by atoms with Crippen LogP contribution in [0.15, 0.2) is 48.4 Å². The SMILES string of the molecule is CN(/C(N)=C/C=C(\N)c1ccc(-n2nccc2N)cc1O)C1CC(C)(C)NC(C)(C)C1. The second-order valence-electron chi connectivity index (χ2n) is 9.65. The fourth-order valence-corrected chi connectivity index (χ4v) is 4.56. The zero-order valence-corrected chi connectivity index (χ0v) is 19.1. The molecule has 1 aliphatic rings. The number of aromatic nitrogens is 2. The molecule has 1 aromatic carbocycles. The summed E-state index contributed by atoms with van der Waals surface area (Å²) in [5, 5.41) is 18.3. The van der Waals surface area contributed by atoms with Crippen LogP contribution in [0.4, 0.5) is 5.82 Å². The van der Waals surface area contributed by atoms with Crippen LogP contribution in [0.3, 0.4) is 0 Å². The normalized spacial score (nSPS) is 19.4. The Morgan fingerprint density at radius 1 is 1.16 bits per heavy atom. The second-order valence-corrected chi connectivity index (χ2v) is 9.65. The molecule has 1 aliphatic heterocycles. The summed E-state index contributed by atoms with van der Waals surface area (Å²) in [4.78, 5) is 2.11. The number of phenolic OH excluding ortho intramolecular Hbond substituents is 1. The third-order valence-corrected chi connectivity index (χ3v) is 5.77. The molecule has 8 nitrogen and oxygen atoms in total. The molecule has 31 heavy (non-hydrogen) atoms. The van der Waals surface area contributed by atoms with E-state index in [-0.39, 0.29) is 16.8 Å². The topological polar surface area (TPSA) is 131 Å². The summed E-state index contributed by atoms with van der Waals surface area (Å²) >= 11 is 0. The van der Waals surface area contributed by atoms with Crippen molar-refractivity contribution in [2.75, 3.05) is 12.8 Å². The number of hydrogen-bond donors (Lipinski definition) is 5. The van der Waals surface area contributed by atoms with Crippen molar-refractivity contribution < 1.29 is 5.11 Å². The van der Waals surface area contributed by atoms with Crippen LogP contribution in [0.2, 0.25) is 0 Å². The number of hydrogen-bond acceptors (Lipinski definition) is 7. The van der Waals surface area contributed by atoms with Crippen LogP contribution < -0.4 is 22.5 Å². The van der Waals surface area contributed by atoms with Crippen LogP contribution in [0.5, 0.6) is 5.75 Å². The highest BCUT2D eigenvalue weighted by atomic mass is 16.3. The number of rotatable bonds is 5. The van der Waals surface area contributed by atoms with Crippen molar-refractivity contribution in [2.45, 2.75) is 57.7 Å². The van der Waals surface area contributed by atoms with Gasteiger partial charge in [0.25, 0.3) is 0 Å². The van der Waals surface area contributed by atoms with Gasteiger partial charge in [0, 0.05) is 47.6 Å². The quantitative estimate of drug-likeness (QED) is 0.465. The molecular formula is C23H35N7O. The van der Waals surface area contributed by atoms with Gasteiger partial charge in [0.2, 0.25) is 0 Å². The average molecular weight is 426 g/mol. The minimum Gasteiger partial charge on any atom is -0.507 e. The van der Waals surface area contributed by atoms with Gasteiger partial charge in [-0.2, -0.15) is 5.10 Å². The summed E-state index contributed by atoms with van der Waals surface area (Å²) < 4.78 is 1.54. The largest absolute Gasteiger partial charge is 0.507 e. The zero-order valence-electron chi connectivity index (χ0n) is 19.1. The summed E-state index contributed by atoms with van der Waals surface area (Å²) in [6.07, 6.45) is 7.08. The van der Waals surface area contributed by atoms with Crippen molar-refractivity contribution in [3.05, 3.63) is 54.0 Å². The van der Waals surface area contributed by atoms with Crippen molar-refractivity contribution in [3.63, 3.8) is 0 Å². The molecule has 2 aromatic rings. The van der Waals surface area contributed by atoms with Crippen molar-refractivity contribution in [1.82, 2.24) is 20.0 Å². The Kier molecular flexibility index (Phi) is 5.96. The number of nitrogen functional groups attached to an aromatic ring is 1. The van der Waals surface area contributed by atoms with E-state index in [1.807, 2.05) is 7.05 Å². The predicted octanol–water partition coefficient (Wildman–Crippen LogP) is 2.50. The number of piperidine rings is 1. The molecule has 0 spiro atoms. The van der Waals surface area contributed by atoms with Gasteiger partial charge in [0.15, 0.2) is 0 Å². The molecular weight excluding hydrogens is 390 g/mol. The van der Waals surface area contributed by atoms with Gasteiger partial charge in [-0.3, -0.25) is 0 Å². The summed E-state index contributed by atoms with van der Waals surface area (Å²) in [6.45, 7) is 8.87. The lowest BCUT2D eigenvalue weighted by Gasteiger charge is -2.49. The van der Waals surface area contributed by atoms with E-state index in [0.29, 0.717) is 34.6 Å². The molecule has 168 valence electrons. The summed E-state index contributed by atoms with van der Waals surface area (Å²) in [7, 11) is 2.01. The molecule has 0 amide bonds. The predicted molar refractivity (Wildman–Crippen MR) is 126 cm³/mol. The molecule has 1 fully saturated rings. The molecule has 0 aliphatic carbocycles. The number of nitrogens with one attached hydrogen (secondary N) is 1. The Bertz CT molecular complexity index is 987. The smallest absolute Gasteiger partial charge is 0.127 e. The van der Waals surface area contributed by atoms with Crippen LogP contribution in [0, 0.1) is 0 Å². The Morgan fingerprint density at radius 3 is 2.35 bits per heavy atom.